The third-order valence-corrected chi connectivity index (χ3v) is 5.67. The molecule has 29 heavy (non-hydrogen) atoms. The number of hydrogen-bond acceptors (Lipinski definition) is 3. The summed E-state index contributed by atoms with van der Waals surface area (Å²) < 4.78 is 7.55. The Labute approximate surface area is 171 Å². The predicted molar refractivity (Wildman–Crippen MR) is 113 cm³/mol. The molecule has 5 nitrogen and oxygen atoms in total. The molecule has 0 spiro atoms. The Balaban J connectivity index is 1.44. The van der Waals surface area contributed by atoms with Crippen LogP contribution >= 0.6 is 0 Å². The van der Waals surface area contributed by atoms with Gasteiger partial charge in [0, 0.05) is 37.4 Å². The molecule has 0 radical (unpaired) electrons. The molecule has 0 N–H and O–H groups in total. The molecule has 2 heterocycles. The van der Waals surface area contributed by atoms with Gasteiger partial charge in [0.2, 0.25) is 5.91 Å². The lowest BCUT2D eigenvalue weighted by Crippen LogP contribution is -2.30. The highest BCUT2D eigenvalue weighted by Gasteiger charge is 2.30. The summed E-state index contributed by atoms with van der Waals surface area (Å²) in [6.45, 7) is 4.43. The van der Waals surface area contributed by atoms with Crippen LogP contribution in [-0.2, 0) is 17.8 Å². The quantitative estimate of drug-likeness (QED) is 0.644. The van der Waals surface area contributed by atoms with Gasteiger partial charge in [0.05, 0.1) is 13.5 Å². The van der Waals surface area contributed by atoms with Gasteiger partial charge in [-0.15, -0.1) is 0 Å². The normalized spacial score (nSPS) is 16.2. The summed E-state index contributed by atoms with van der Waals surface area (Å²) in [6, 6.07) is 18.2. The van der Waals surface area contributed by atoms with E-state index >= 15 is 0 Å². The summed E-state index contributed by atoms with van der Waals surface area (Å²) in [5.41, 5.74) is 3.41. The lowest BCUT2D eigenvalue weighted by molar-refractivity contribution is -0.129. The number of aryl methyl sites for hydroxylation is 1. The predicted octanol–water partition coefficient (Wildman–Crippen LogP) is 3.81. The van der Waals surface area contributed by atoms with Gasteiger partial charge < -0.3 is 14.2 Å². The number of carbonyl (C=O) groups is 1. The van der Waals surface area contributed by atoms with E-state index in [4.69, 9.17) is 9.72 Å². The molecule has 0 aliphatic carbocycles. The van der Waals surface area contributed by atoms with E-state index in [0.29, 0.717) is 6.42 Å². The highest BCUT2D eigenvalue weighted by molar-refractivity contribution is 5.79. The van der Waals surface area contributed by atoms with Crippen molar-refractivity contribution in [2.75, 3.05) is 20.2 Å². The Bertz CT molecular complexity index is 981. The molecule has 1 aromatic heterocycles. The Morgan fingerprint density at radius 1 is 1.14 bits per heavy atom. The van der Waals surface area contributed by atoms with E-state index in [-0.39, 0.29) is 11.8 Å². The fourth-order valence-electron chi connectivity index (χ4n) is 4.04. The van der Waals surface area contributed by atoms with Crippen molar-refractivity contribution in [1.82, 2.24) is 14.5 Å². The first-order valence-corrected chi connectivity index (χ1v) is 10.1. The number of imidazole rings is 1. The van der Waals surface area contributed by atoms with Crippen molar-refractivity contribution in [2.24, 2.45) is 0 Å². The molecule has 1 atom stereocenters. The van der Waals surface area contributed by atoms with E-state index in [9.17, 15) is 4.79 Å². The third-order valence-electron chi connectivity index (χ3n) is 5.67. The molecule has 2 aromatic carbocycles. The monoisotopic (exact) mass is 389 g/mol. The van der Waals surface area contributed by atoms with Crippen molar-refractivity contribution in [3.8, 4) is 5.75 Å². The van der Waals surface area contributed by atoms with E-state index in [1.807, 2.05) is 41.4 Å². The zero-order chi connectivity index (χ0) is 20.2. The highest BCUT2D eigenvalue weighted by atomic mass is 16.5. The van der Waals surface area contributed by atoms with Crippen LogP contribution < -0.4 is 4.74 Å². The Morgan fingerprint density at radius 3 is 2.72 bits per heavy atom. The molecule has 0 bridgehead atoms. The van der Waals surface area contributed by atoms with Crippen LogP contribution in [-0.4, -0.2) is 40.6 Å². The van der Waals surface area contributed by atoms with Crippen LogP contribution in [0.15, 0.2) is 60.8 Å². The van der Waals surface area contributed by atoms with E-state index < -0.39 is 0 Å². The number of rotatable bonds is 6. The second-order valence-electron chi connectivity index (χ2n) is 7.68. The second-order valence-corrected chi connectivity index (χ2v) is 7.68. The molecule has 1 aliphatic rings. The molecule has 5 heteroatoms. The van der Waals surface area contributed by atoms with E-state index in [0.717, 1.165) is 48.9 Å². The van der Waals surface area contributed by atoms with E-state index in [2.05, 4.69) is 35.8 Å². The molecule has 1 unspecified atom stereocenters. The van der Waals surface area contributed by atoms with Gasteiger partial charge in [-0.1, -0.05) is 42.5 Å². The lowest BCUT2D eigenvalue weighted by Gasteiger charge is -2.18. The summed E-state index contributed by atoms with van der Waals surface area (Å²) >= 11 is 0. The molecule has 1 amide bonds. The number of likely N-dealkylation sites (tertiary alicyclic amines) is 1. The maximum Gasteiger partial charge on any atom is 0.227 e. The number of nitrogens with zero attached hydrogens (tertiary/aromatic N) is 3. The van der Waals surface area contributed by atoms with Gasteiger partial charge in [-0.3, -0.25) is 4.79 Å². The first-order valence-electron chi connectivity index (χ1n) is 10.1. The molecule has 4 rings (SSSR count). The van der Waals surface area contributed by atoms with Crippen molar-refractivity contribution >= 4 is 5.91 Å². The van der Waals surface area contributed by atoms with Crippen LogP contribution in [0.2, 0.25) is 0 Å². The number of benzene rings is 2. The Kier molecular flexibility index (Phi) is 5.65. The van der Waals surface area contributed by atoms with Crippen LogP contribution in [0, 0.1) is 6.92 Å². The van der Waals surface area contributed by atoms with Gasteiger partial charge in [-0.2, -0.15) is 0 Å². The van der Waals surface area contributed by atoms with Crippen LogP contribution in [0.5, 0.6) is 5.75 Å². The standard InChI is InChI=1S/C24H27N3O2/c1-18-15-25-24(27(18)16-19-7-4-3-5-8-19)21-11-12-26(17-21)23(28)14-20-9-6-10-22(13-20)29-2/h3-10,13,15,21H,11-12,14,16-17H2,1-2H3. The maximum absolute atomic E-state index is 12.8. The van der Waals surface area contributed by atoms with Gasteiger partial charge in [-0.25, -0.2) is 4.98 Å². The molecule has 1 fully saturated rings. The maximum atomic E-state index is 12.8. The summed E-state index contributed by atoms with van der Waals surface area (Å²) in [4.78, 5) is 19.5. The SMILES string of the molecule is COc1cccc(CC(=O)N2CCC(c3ncc(C)n3Cc3ccccc3)C2)c1. The smallest absolute Gasteiger partial charge is 0.227 e. The van der Waals surface area contributed by atoms with Crippen molar-refractivity contribution in [3.63, 3.8) is 0 Å². The number of ether oxygens (including phenoxy) is 1. The van der Waals surface area contributed by atoms with Gasteiger partial charge in [0.15, 0.2) is 0 Å². The highest BCUT2D eigenvalue weighted by Crippen LogP contribution is 2.28. The van der Waals surface area contributed by atoms with Crippen molar-refractivity contribution in [1.29, 1.82) is 0 Å². The first kappa shape index (κ1) is 19.2. The van der Waals surface area contributed by atoms with Gasteiger partial charge in [0.25, 0.3) is 0 Å². The largest absolute Gasteiger partial charge is 0.497 e. The number of hydrogen-bond donors (Lipinski definition) is 0. The van der Waals surface area contributed by atoms with Crippen LogP contribution in [0.4, 0.5) is 0 Å². The molecule has 3 aromatic rings. The van der Waals surface area contributed by atoms with Gasteiger partial charge in [-0.05, 0) is 36.6 Å². The number of carbonyl (C=O) groups excluding carboxylic acids is 1. The summed E-state index contributed by atoms with van der Waals surface area (Å²) in [5, 5.41) is 0. The fourth-order valence-corrected chi connectivity index (χ4v) is 4.04. The summed E-state index contributed by atoms with van der Waals surface area (Å²) in [5.74, 6) is 2.32. The van der Waals surface area contributed by atoms with Crippen molar-refractivity contribution in [3.05, 3.63) is 83.4 Å². The minimum absolute atomic E-state index is 0.165. The minimum atomic E-state index is 0.165. The van der Waals surface area contributed by atoms with Crippen LogP contribution in [0.3, 0.4) is 0 Å². The van der Waals surface area contributed by atoms with Gasteiger partial charge >= 0.3 is 0 Å². The average molecular weight is 389 g/mol. The molecule has 1 aliphatic heterocycles. The van der Waals surface area contributed by atoms with E-state index in [1.165, 1.54) is 5.56 Å². The average Bonchev–Trinajstić information content (AvgIpc) is 3.36. The first-order chi connectivity index (χ1) is 14.1. The third kappa shape index (κ3) is 4.34. The molecule has 1 saturated heterocycles. The van der Waals surface area contributed by atoms with Crippen LogP contribution in [0.25, 0.3) is 0 Å². The van der Waals surface area contributed by atoms with Crippen LogP contribution in [0.1, 0.15) is 35.0 Å². The summed E-state index contributed by atoms with van der Waals surface area (Å²) in [6.07, 6.45) is 3.30. The molecular weight excluding hydrogens is 362 g/mol. The lowest BCUT2D eigenvalue weighted by atomic mass is 10.1. The summed E-state index contributed by atoms with van der Waals surface area (Å²) in [7, 11) is 1.64. The Hall–Kier alpha value is -3.08. The number of amides is 1. The van der Waals surface area contributed by atoms with Gasteiger partial charge in [0.1, 0.15) is 11.6 Å². The zero-order valence-electron chi connectivity index (χ0n) is 17.0. The zero-order valence-corrected chi connectivity index (χ0v) is 17.0. The van der Waals surface area contributed by atoms with Crippen molar-refractivity contribution < 1.29 is 9.53 Å². The fraction of sp³-hybridized carbons (Fsp3) is 0.333. The Morgan fingerprint density at radius 2 is 1.93 bits per heavy atom. The second kappa shape index (κ2) is 8.52. The molecule has 150 valence electrons. The molecule has 0 saturated carbocycles. The minimum Gasteiger partial charge on any atom is -0.497 e. The number of aromatic nitrogens is 2. The van der Waals surface area contributed by atoms with Crippen molar-refractivity contribution in [2.45, 2.75) is 32.2 Å². The molecular formula is C24H27N3O2. The van der Waals surface area contributed by atoms with E-state index in [1.54, 1.807) is 7.11 Å². The number of methoxy groups -OCH3 is 1. The topological polar surface area (TPSA) is 47.4 Å².